The van der Waals surface area contributed by atoms with Crippen LogP contribution in [0.3, 0.4) is 0 Å². The Hall–Kier alpha value is -2.94. The molecular weight excluding hydrogens is 390 g/mol. The molecule has 3 rings (SSSR count). The van der Waals surface area contributed by atoms with Crippen LogP contribution in [0, 0.1) is 12.8 Å². The zero-order valence-electron chi connectivity index (χ0n) is 16.8. The van der Waals surface area contributed by atoms with E-state index in [1.807, 2.05) is 38.1 Å². The lowest BCUT2D eigenvalue weighted by Crippen LogP contribution is -2.43. The van der Waals surface area contributed by atoms with Crippen LogP contribution in [0.25, 0.3) is 10.9 Å². The predicted octanol–water partition coefficient (Wildman–Crippen LogP) is 2.01. The fourth-order valence-corrected chi connectivity index (χ4v) is 4.00. The van der Waals surface area contributed by atoms with Crippen molar-refractivity contribution in [2.45, 2.75) is 32.3 Å². The average molecular weight is 414 g/mol. The SMILES string of the molecule is Cc1nc(SCC(=O)c2c(N)n(CC(C)C)c(=O)n(C)c2=O)c2ccccc2n1. The molecule has 0 unspecified atom stereocenters. The highest BCUT2D eigenvalue weighted by Gasteiger charge is 2.22. The molecule has 152 valence electrons. The van der Waals surface area contributed by atoms with E-state index in [0.717, 1.165) is 15.5 Å². The van der Waals surface area contributed by atoms with Gasteiger partial charge in [-0.05, 0) is 18.9 Å². The highest BCUT2D eigenvalue weighted by atomic mass is 32.2. The fourth-order valence-electron chi connectivity index (χ4n) is 3.06. The Kier molecular flexibility index (Phi) is 5.88. The Morgan fingerprint density at radius 2 is 1.90 bits per heavy atom. The topological polar surface area (TPSA) is 113 Å². The molecule has 0 fully saturated rings. The summed E-state index contributed by atoms with van der Waals surface area (Å²) >= 11 is 1.22. The molecular formula is C20H23N5O3S. The second-order valence-electron chi connectivity index (χ2n) is 7.22. The number of hydrogen-bond acceptors (Lipinski definition) is 7. The first-order valence-electron chi connectivity index (χ1n) is 9.19. The number of benzene rings is 1. The number of nitrogen functional groups attached to an aromatic ring is 1. The van der Waals surface area contributed by atoms with Gasteiger partial charge in [0.05, 0.1) is 11.3 Å². The zero-order chi connectivity index (χ0) is 21.3. The van der Waals surface area contributed by atoms with Crippen molar-refractivity contribution in [1.82, 2.24) is 19.1 Å². The van der Waals surface area contributed by atoms with Crippen molar-refractivity contribution in [2.24, 2.45) is 13.0 Å². The van der Waals surface area contributed by atoms with Gasteiger partial charge in [0, 0.05) is 19.0 Å². The Bertz CT molecular complexity index is 1210. The number of hydrogen-bond donors (Lipinski definition) is 1. The molecule has 1 aromatic carbocycles. The summed E-state index contributed by atoms with van der Waals surface area (Å²) in [5.74, 6) is 0.173. The molecule has 0 radical (unpaired) electrons. The number of carbonyl (C=O) groups excluding carboxylic acids is 1. The van der Waals surface area contributed by atoms with E-state index in [4.69, 9.17) is 5.73 Å². The van der Waals surface area contributed by atoms with Gasteiger partial charge < -0.3 is 5.73 Å². The van der Waals surface area contributed by atoms with Gasteiger partial charge in [0.1, 0.15) is 22.2 Å². The number of Topliss-reactive ketones (excluding diaryl/α,β-unsaturated/α-hetero) is 1. The lowest BCUT2D eigenvalue weighted by Gasteiger charge is -2.16. The number of anilines is 1. The van der Waals surface area contributed by atoms with E-state index >= 15 is 0 Å². The molecule has 8 nitrogen and oxygen atoms in total. The van der Waals surface area contributed by atoms with Gasteiger partial charge in [-0.25, -0.2) is 14.8 Å². The third-order valence-electron chi connectivity index (χ3n) is 4.43. The lowest BCUT2D eigenvalue weighted by molar-refractivity contribution is 0.102. The molecule has 0 spiro atoms. The largest absolute Gasteiger partial charge is 0.384 e. The molecule has 2 heterocycles. The molecule has 0 amide bonds. The number of para-hydroxylation sites is 1. The van der Waals surface area contributed by atoms with Crippen LogP contribution in [0.1, 0.15) is 30.0 Å². The molecule has 0 aliphatic rings. The summed E-state index contributed by atoms with van der Waals surface area (Å²) in [4.78, 5) is 46.7. The second kappa shape index (κ2) is 8.20. The number of rotatable bonds is 6. The monoisotopic (exact) mass is 413 g/mol. The predicted molar refractivity (Wildman–Crippen MR) is 115 cm³/mol. The van der Waals surface area contributed by atoms with Crippen LogP contribution in [0.15, 0.2) is 38.9 Å². The molecule has 2 N–H and O–H groups in total. The number of carbonyl (C=O) groups is 1. The summed E-state index contributed by atoms with van der Waals surface area (Å²) in [6.07, 6.45) is 0. The Balaban J connectivity index is 1.98. The molecule has 9 heteroatoms. The molecule has 3 aromatic rings. The molecule has 29 heavy (non-hydrogen) atoms. The van der Waals surface area contributed by atoms with Crippen LogP contribution in [-0.4, -0.2) is 30.6 Å². The van der Waals surface area contributed by atoms with Crippen LogP contribution in [0.4, 0.5) is 5.82 Å². The standard InChI is InChI=1S/C20H23N5O3S/c1-11(2)9-25-17(21)16(19(27)24(4)20(25)28)15(26)10-29-18-13-7-5-6-8-14(13)22-12(3)23-18/h5-8,11H,9-10,21H2,1-4H3. The summed E-state index contributed by atoms with van der Waals surface area (Å²) < 4.78 is 2.22. The van der Waals surface area contributed by atoms with Crippen LogP contribution in [0.5, 0.6) is 0 Å². The maximum absolute atomic E-state index is 12.9. The van der Waals surface area contributed by atoms with E-state index in [1.165, 1.54) is 23.4 Å². The summed E-state index contributed by atoms with van der Waals surface area (Å²) in [6, 6.07) is 7.53. The Morgan fingerprint density at radius 3 is 2.59 bits per heavy atom. The van der Waals surface area contributed by atoms with Crippen LogP contribution < -0.4 is 17.0 Å². The van der Waals surface area contributed by atoms with Crippen molar-refractivity contribution in [1.29, 1.82) is 0 Å². The normalized spacial score (nSPS) is 11.3. The van der Waals surface area contributed by atoms with E-state index in [0.29, 0.717) is 17.4 Å². The van der Waals surface area contributed by atoms with E-state index in [9.17, 15) is 14.4 Å². The number of aromatic nitrogens is 4. The summed E-state index contributed by atoms with van der Waals surface area (Å²) in [6.45, 7) is 5.96. The average Bonchev–Trinajstić information content (AvgIpc) is 2.67. The van der Waals surface area contributed by atoms with Gasteiger partial charge in [0.15, 0.2) is 5.78 Å². The summed E-state index contributed by atoms with van der Waals surface area (Å²) in [5, 5.41) is 1.49. The minimum Gasteiger partial charge on any atom is -0.384 e. The number of thioether (sulfide) groups is 1. The fraction of sp³-hybridized carbons (Fsp3) is 0.350. The van der Waals surface area contributed by atoms with Crippen LogP contribution >= 0.6 is 11.8 Å². The van der Waals surface area contributed by atoms with Gasteiger partial charge in [-0.2, -0.15) is 0 Å². The van der Waals surface area contributed by atoms with Gasteiger partial charge in [-0.15, -0.1) is 0 Å². The van der Waals surface area contributed by atoms with Crippen molar-refractivity contribution in [3.05, 3.63) is 56.5 Å². The number of ketones is 1. The Labute approximate surface area is 171 Å². The number of fused-ring (bicyclic) bond motifs is 1. The van der Waals surface area contributed by atoms with Gasteiger partial charge in [-0.3, -0.25) is 18.7 Å². The first-order valence-corrected chi connectivity index (χ1v) is 10.2. The smallest absolute Gasteiger partial charge is 0.332 e. The first-order chi connectivity index (χ1) is 13.7. The molecule has 0 bridgehead atoms. The highest BCUT2D eigenvalue weighted by molar-refractivity contribution is 8.00. The Morgan fingerprint density at radius 1 is 1.21 bits per heavy atom. The molecule has 0 aliphatic carbocycles. The van der Waals surface area contributed by atoms with E-state index in [2.05, 4.69) is 9.97 Å². The maximum atomic E-state index is 12.9. The van der Waals surface area contributed by atoms with Gasteiger partial charge >= 0.3 is 5.69 Å². The third-order valence-corrected chi connectivity index (χ3v) is 5.42. The zero-order valence-corrected chi connectivity index (χ0v) is 17.6. The number of nitrogens with two attached hydrogens (primary N) is 1. The van der Waals surface area contributed by atoms with Crippen LogP contribution in [-0.2, 0) is 13.6 Å². The van der Waals surface area contributed by atoms with Crippen molar-refractivity contribution in [3.8, 4) is 0 Å². The van der Waals surface area contributed by atoms with Crippen molar-refractivity contribution in [3.63, 3.8) is 0 Å². The second-order valence-corrected chi connectivity index (χ2v) is 8.18. The summed E-state index contributed by atoms with van der Waals surface area (Å²) in [5.41, 5.74) is 5.51. The minimum absolute atomic E-state index is 0.0280. The molecule has 0 aliphatic heterocycles. The van der Waals surface area contributed by atoms with E-state index in [-0.39, 0.29) is 23.1 Å². The highest BCUT2D eigenvalue weighted by Crippen LogP contribution is 2.26. The molecule has 0 saturated heterocycles. The lowest BCUT2D eigenvalue weighted by atomic mass is 10.2. The quantitative estimate of drug-likeness (QED) is 0.374. The molecule has 0 atom stereocenters. The van der Waals surface area contributed by atoms with Crippen LogP contribution in [0.2, 0.25) is 0 Å². The molecule has 0 saturated carbocycles. The van der Waals surface area contributed by atoms with E-state index < -0.39 is 17.0 Å². The summed E-state index contributed by atoms with van der Waals surface area (Å²) in [7, 11) is 1.35. The van der Waals surface area contributed by atoms with Crippen molar-refractivity contribution >= 4 is 34.3 Å². The van der Waals surface area contributed by atoms with E-state index in [1.54, 1.807) is 6.92 Å². The van der Waals surface area contributed by atoms with Gasteiger partial charge in [0.25, 0.3) is 5.56 Å². The third kappa shape index (κ3) is 4.09. The van der Waals surface area contributed by atoms with Crippen molar-refractivity contribution < 1.29 is 4.79 Å². The number of nitrogens with zero attached hydrogens (tertiary/aromatic N) is 4. The van der Waals surface area contributed by atoms with Crippen molar-refractivity contribution in [2.75, 3.05) is 11.5 Å². The number of aryl methyl sites for hydroxylation is 1. The van der Waals surface area contributed by atoms with Gasteiger partial charge in [-0.1, -0.05) is 43.8 Å². The minimum atomic E-state index is -0.679. The first kappa shape index (κ1) is 20.8. The molecule has 2 aromatic heterocycles. The van der Waals surface area contributed by atoms with Gasteiger partial charge in [0.2, 0.25) is 0 Å². The maximum Gasteiger partial charge on any atom is 0.332 e.